The van der Waals surface area contributed by atoms with E-state index in [1.807, 2.05) is 0 Å². The van der Waals surface area contributed by atoms with E-state index >= 15 is 0 Å². The lowest BCUT2D eigenvalue weighted by Crippen LogP contribution is -2.35. The molecule has 17 heavy (non-hydrogen) atoms. The van der Waals surface area contributed by atoms with Crippen LogP contribution in [0.5, 0.6) is 0 Å². The Labute approximate surface area is 110 Å². The second kappa shape index (κ2) is 9.94. The van der Waals surface area contributed by atoms with Crippen molar-refractivity contribution in [3.05, 3.63) is 0 Å². The summed E-state index contributed by atoms with van der Waals surface area (Å²) in [4.78, 5) is 0. The van der Waals surface area contributed by atoms with Gasteiger partial charge in [0.1, 0.15) is 0 Å². The van der Waals surface area contributed by atoms with Crippen LogP contribution in [0.25, 0.3) is 0 Å². The molecule has 1 heteroatoms. The van der Waals surface area contributed by atoms with Gasteiger partial charge in [0.2, 0.25) is 0 Å². The molecule has 1 unspecified atom stereocenters. The Hall–Kier alpha value is -0.0400. The van der Waals surface area contributed by atoms with Crippen LogP contribution >= 0.6 is 0 Å². The molecule has 0 aliphatic carbocycles. The maximum Gasteiger partial charge on any atom is 0.00106 e. The summed E-state index contributed by atoms with van der Waals surface area (Å²) in [5, 5.41) is 3.60. The van der Waals surface area contributed by atoms with Gasteiger partial charge in [-0.3, -0.25) is 0 Å². The first-order chi connectivity index (χ1) is 8.04. The van der Waals surface area contributed by atoms with Crippen molar-refractivity contribution in [1.82, 2.24) is 5.32 Å². The van der Waals surface area contributed by atoms with Gasteiger partial charge in [0.05, 0.1) is 0 Å². The zero-order chi connectivity index (χ0) is 13.1. The number of hydrogen-bond donors (Lipinski definition) is 1. The first-order valence-corrected chi connectivity index (χ1v) is 7.77. The third-order valence-corrected chi connectivity index (χ3v) is 3.92. The molecule has 0 amide bonds. The van der Waals surface area contributed by atoms with Gasteiger partial charge in [-0.25, -0.2) is 0 Å². The van der Waals surface area contributed by atoms with E-state index in [2.05, 4.69) is 39.9 Å². The van der Waals surface area contributed by atoms with E-state index in [0.29, 0.717) is 11.5 Å². The maximum absolute atomic E-state index is 3.60. The van der Waals surface area contributed by atoms with Crippen LogP contribution in [-0.2, 0) is 0 Å². The average molecular weight is 241 g/mol. The van der Waals surface area contributed by atoms with Crippen molar-refractivity contribution >= 4 is 0 Å². The van der Waals surface area contributed by atoms with Crippen LogP contribution in [0, 0.1) is 5.41 Å². The fraction of sp³-hybridized carbons (Fsp3) is 1.00. The van der Waals surface area contributed by atoms with Crippen molar-refractivity contribution in [2.75, 3.05) is 6.54 Å². The van der Waals surface area contributed by atoms with Gasteiger partial charge in [-0.15, -0.1) is 0 Å². The van der Waals surface area contributed by atoms with Crippen molar-refractivity contribution in [1.29, 1.82) is 0 Å². The van der Waals surface area contributed by atoms with Gasteiger partial charge in [-0.2, -0.15) is 0 Å². The van der Waals surface area contributed by atoms with Crippen LogP contribution in [0.1, 0.15) is 86.0 Å². The minimum absolute atomic E-state index is 0.509. The molecule has 1 nitrogen and oxygen atoms in total. The van der Waals surface area contributed by atoms with Crippen molar-refractivity contribution in [2.24, 2.45) is 5.41 Å². The molecular weight excluding hydrogens is 206 g/mol. The lowest BCUT2D eigenvalue weighted by molar-refractivity contribution is 0.252. The highest BCUT2D eigenvalue weighted by Gasteiger charge is 2.21. The van der Waals surface area contributed by atoms with Gasteiger partial charge in [0, 0.05) is 12.6 Å². The van der Waals surface area contributed by atoms with Crippen LogP contribution in [-0.4, -0.2) is 12.6 Å². The third-order valence-electron chi connectivity index (χ3n) is 3.92. The van der Waals surface area contributed by atoms with Crippen molar-refractivity contribution < 1.29 is 0 Å². The second-order valence-corrected chi connectivity index (χ2v) is 6.22. The Bertz CT molecular complexity index is 165. The molecule has 0 radical (unpaired) electrons. The Morgan fingerprint density at radius 2 is 1.53 bits per heavy atom. The van der Waals surface area contributed by atoms with E-state index < -0.39 is 0 Å². The van der Waals surface area contributed by atoms with E-state index in [1.54, 1.807) is 0 Å². The highest BCUT2D eigenvalue weighted by molar-refractivity contribution is 4.76. The zero-order valence-corrected chi connectivity index (χ0v) is 12.9. The largest absolute Gasteiger partial charge is 0.314 e. The van der Waals surface area contributed by atoms with Gasteiger partial charge < -0.3 is 5.32 Å². The van der Waals surface area contributed by atoms with E-state index in [9.17, 15) is 0 Å². The highest BCUT2D eigenvalue weighted by atomic mass is 14.9. The fourth-order valence-corrected chi connectivity index (χ4v) is 2.17. The van der Waals surface area contributed by atoms with Crippen LogP contribution in [0.4, 0.5) is 0 Å². The summed E-state index contributed by atoms with van der Waals surface area (Å²) < 4.78 is 0. The monoisotopic (exact) mass is 241 g/mol. The first kappa shape index (κ1) is 17.0. The molecule has 1 N–H and O–H groups in total. The Kier molecular flexibility index (Phi) is 9.91. The Balaban J connectivity index is 3.64. The maximum atomic E-state index is 3.60. The van der Waals surface area contributed by atoms with Crippen LogP contribution < -0.4 is 5.32 Å². The lowest BCUT2D eigenvalue weighted by Gasteiger charge is -2.29. The molecule has 104 valence electrons. The average Bonchev–Trinajstić information content (AvgIpc) is 2.31. The standard InChI is InChI=1S/C16H35N/c1-6-8-9-10-11-12-13-16(5,7-2)14-17-15(3)4/h15,17H,6-14H2,1-5H3. The van der Waals surface area contributed by atoms with Crippen molar-refractivity contribution in [2.45, 2.75) is 92.0 Å². The molecule has 0 spiro atoms. The lowest BCUT2D eigenvalue weighted by atomic mass is 9.81. The molecule has 0 aliphatic heterocycles. The second-order valence-electron chi connectivity index (χ2n) is 6.22. The number of nitrogens with one attached hydrogen (secondary N) is 1. The molecular formula is C16H35N. The molecule has 0 rings (SSSR count). The summed E-state index contributed by atoms with van der Waals surface area (Å²) in [5.41, 5.74) is 0.509. The van der Waals surface area contributed by atoms with Gasteiger partial charge >= 0.3 is 0 Å². The van der Waals surface area contributed by atoms with E-state index in [-0.39, 0.29) is 0 Å². The van der Waals surface area contributed by atoms with E-state index in [4.69, 9.17) is 0 Å². The SMILES string of the molecule is CCCCCCCCC(C)(CC)CNC(C)C. The summed E-state index contributed by atoms with van der Waals surface area (Å²) in [6, 6.07) is 0.616. The molecule has 0 aromatic carbocycles. The summed E-state index contributed by atoms with van der Waals surface area (Å²) in [6.45, 7) is 12.7. The Morgan fingerprint density at radius 3 is 2.06 bits per heavy atom. The molecule has 0 aliphatic rings. The van der Waals surface area contributed by atoms with Crippen molar-refractivity contribution in [3.63, 3.8) is 0 Å². The predicted octanol–water partition coefficient (Wildman–Crippen LogP) is 5.15. The van der Waals surface area contributed by atoms with Gasteiger partial charge in [-0.05, 0) is 18.3 Å². The van der Waals surface area contributed by atoms with Gasteiger partial charge in [0.25, 0.3) is 0 Å². The van der Waals surface area contributed by atoms with Crippen molar-refractivity contribution in [3.8, 4) is 0 Å². The Morgan fingerprint density at radius 1 is 0.941 bits per heavy atom. The van der Waals surface area contributed by atoms with E-state index in [0.717, 1.165) is 0 Å². The predicted molar refractivity (Wildman–Crippen MR) is 79.5 cm³/mol. The molecule has 0 bridgehead atoms. The molecule has 0 fully saturated rings. The number of hydrogen-bond acceptors (Lipinski definition) is 1. The third kappa shape index (κ3) is 9.64. The molecule has 0 saturated heterocycles. The van der Waals surface area contributed by atoms with Crippen LogP contribution in [0.2, 0.25) is 0 Å². The smallest absolute Gasteiger partial charge is 0.00106 e. The molecule has 0 aromatic rings. The normalized spacial score (nSPS) is 15.2. The van der Waals surface area contributed by atoms with Gasteiger partial charge in [-0.1, -0.05) is 73.1 Å². The van der Waals surface area contributed by atoms with Crippen LogP contribution in [0.3, 0.4) is 0 Å². The summed E-state index contributed by atoms with van der Waals surface area (Å²) in [7, 11) is 0. The zero-order valence-electron chi connectivity index (χ0n) is 12.9. The summed E-state index contributed by atoms with van der Waals surface area (Å²) in [5.74, 6) is 0. The summed E-state index contributed by atoms with van der Waals surface area (Å²) in [6.07, 6.45) is 11.2. The molecule has 1 atom stereocenters. The first-order valence-electron chi connectivity index (χ1n) is 7.77. The van der Waals surface area contributed by atoms with Gasteiger partial charge in [0.15, 0.2) is 0 Å². The molecule has 0 heterocycles. The number of unbranched alkanes of at least 4 members (excludes halogenated alkanes) is 5. The minimum Gasteiger partial charge on any atom is -0.314 e. The topological polar surface area (TPSA) is 12.0 Å². The number of rotatable bonds is 11. The molecule has 0 saturated carbocycles. The fourth-order valence-electron chi connectivity index (χ4n) is 2.17. The summed E-state index contributed by atoms with van der Waals surface area (Å²) >= 11 is 0. The minimum atomic E-state index is 0.509. The quantitative estimate of drug-likeness (QED) is 0.493. The van der Waals surface area contributed by atoms with E-state index in [1.165, 1.54) is 57.9 Å². The molecule has 0 aromatic heterocycles. The van der Waals surface area contributed by atoms with Crippen LogP contribution in [0.15, 0.2) is 0 Å². The highest BCUT2D eigenvalue weighted by Crippen LogP contribution is 2.28.